The molecule has 0 radical (unpaired) electrons. The number of ether oxygens (including phenoxy) is 1. The van der Waals surface area contributed by atoms with E-state index in [0.29, 0.717) is 23.0 Å². The number of hydrogen-bond acceptors (Lipinski definition) is 5. The second-order valence-corrected chi connectivity index (χ2v) is 9.59. The van der Waals surface area contributed by atoms with Gasteiger partial charge in [0, 0.05) is 17.7 Å². The van der Waals surface area contributed by atoms with Crippen LogP contribution in [-0.4, -0.2) is 38.7 Å². The number of halogens is 3. The molecule has 3 aromatic carbocycles. The summed E-state index contributed by atoms with van der Waals surface area (Å²) in [7, 11) is 0. The summed E-state index contributed by atoms with van der Waals surface area (Å²) in [5.74, 6) is 0.194. The summed E-state index contributed by atoms with van der Waals surface area (Å²) in [6, 6.07) is 18.8. The van der Waals surface area contributed by atoms with Crippen LogP contribution in [-0.2, 0) is 6.42 Å². The molecule has 0 saturated heterocycles. The fourth-order valence-electron chi connectivity index (χ4n) is 4.18. The highest BCUT2D eigenvalue weighted by Crippen LogP contribution is 2.24. The Labute approximate surface area is 235 Å². The first kappa shape index (κ1) is 28.8. The van der Waals surface area contributed by atoms with Crippen LogP contribution in [0.2, 0.25) is 0 Å². The van der Waals surface area contributed by atoms with Gasteiger partial charge in [-0.1, -0.05) is 54.7 Å². The smallest absolute Gasteiger partial charge is 0.406 e. The van der Waals surface area contributed by atoms with Crippen LogP contribution in [0.1, 0.15) is 35.1 Å². The Morgan fingerprint density at radius 1 is 0.975 bits per heavy atom. The molecule has 7 nitrogen and oxygen atoms in total. The van der Waals surface area contributed by atoms with Crippen LogP contribution in [0.15, 0.2) is 73.1 Å². The number of urea groups is 1. The molecule has 2 amide bonds. The van der Waals surface area contributed by atoms with Crippen molar-refractivity contribution in [1.29, 1.82) is 0 Å². The predicted molar refractivity (Wildman–Crippen MR) is 151 cm³/mol. The zero-order valence-corrected chi connectivity index (χ0v) is 22.8. The largest absolute Gasteiger partial charge is 0.573 e. The third kappa shape index (κ3) is 7.89. The van der Waals surface area contributed by atoms with E-state index in [9.17, 15) is 18.0 Å². The first-order valence-corrected chi connectivity index (χ1v) is 13.0. The van der Waals surface area contributed by atoms with Crippen molar-refractivity contribution in [2.45, 2.75) is 39.5 Å². The summed E-state index contributed by atoms with van der Waals surface area (Å²) in [5, 5.41) is 10.0. The van der Waals surface area contributed by atoms with E-state index in [1.165, 1.54) is 35.3 Å². The quantitative estimate of drug-likeness (QED) is 0.180. The van der Waals surface area contributed by atoms with Crippen molar-refractivity contribution >= 4 is 23.2 Å². The molecule has 4 aromatic rings. The van der Waals surface area contributed by atoms with Crippen molar-refractivity contribution in [3.8, 4) is 22.8 Å². The molecule has 0 spiro atoms. The number of benzene rings is 3. The summed E-state index contributed by atoms with van der Waals surface area (Å²) in [6.07, 6.45) is -0.692. The van der Waals surface area contributed by atoms with Crippen LogP contribution >= 0.6 is 12.2 Å². The summed E-state index contributed by atoms with van der Waals surface area (Å²) in [6.45, 7) is 4.46. The fourth-order valence-corrected chi connectivity index (χ4v) is 4.59. The van der Waals surface area contributed by atoms with E-state index in [0.717, 1.165) is 47.1 Å². The van der Waals surface area contributed by atoms with Gasteiger partial charge in [0.25, 0.3) is 0 Å². The lowest BCUT2D eigenvalue weighted by molar-refractivity contribution is -0.274. The average Bonchev–Trinajstić information content (AvgIpc) is 3.39. The topological polar surface area (TPSA) is 81.1 Å². The minimum Gasteiger partial charge on any atom is -0.406 e. The van der Waals surface area contributed by atoms with Crippen LogP contribution in [0.5, 0.6) is 5.75 Å². The zero-order chi connectivity index (χ0) is 28.7. The van der Waals surface area contributed by atoms with Gasteiger partial charge in [0.15, 0.2) is 5.82 Å². The highest BCUT2D eigenvalue weighted by atomic mass is 32.1. The van der Waals surface area contributed by atoms with E-state index in [4.69, 9.17) is 12.2 Å². The Morgan fingerprint density at radius 2 is 1.65 bits per heavy atom. The second-order valence-electron chi connectivity index (χ2n) is 9.19. The molecule has 0 fully saturated rings. The Balaban J connectivity index is 1.21. The van der Waals surface area contributed by atoms with Gasteiger partial charge in [-0.15, -0.1) is 18.3 Å². The molecule has 0 aliphatic carbocycles. The number of aryl methyl sites for hydroxylation is 3. The molecule has 11 heteroatoms. The number of carbonyl (C=O) groups excluding carboxylic acids is 1. The number of amides is 2. The van der Waals surface area contributed by atoms with Gasteiger partial charge in [-0.2, -0.15) is 0 Å². The minimum atomic E-state index is -4.74. The van der Waals surface area contributed by atoms with Crippen LogP contribution in [0.25, 0.3) is 17.1 Å². The summed E-state index contributed by atoms with van der Waals surface area (Å²) < 4.78 is 42.4. The van der Waals surface area contributed by atoms with Gasteiger partial charge in [0.05, 0.1) is 5.69 Å². The van der Waals surface area contributed by atoms with Gasteiger partial charge in [-0.05, 0) is 74.1 Å². The average molecular weight is 568 g/mol. The van der Waals surface area contributed by atoms with Crippen LogP contribution in [0.4, 0.5) is 18.0 Å². The minimum absolute atomic E-state index is 0.302. The van der Waals surface area contributed by atoms with Gasteiger partial charge in [-0.3, -0.25) is 5.32 Å². The lowest BCUT2D eigenvalue weighted by Gasteiger charge is -2.13. The summed E-state index contributed by atoms with van der Waals surface area (Å²) in [5.41, 5.74) is 5.44. The number of aromatic nitrogens is 3. The number of rotatable bonds is 9. The van der Waals surface area contributed by atoms with E-state index in [-0.39, 0.29) is 11.8 Å². The number of nitrogens with zero attached hydrogens (tertiary/aromatic N) is 3. The molecule has 0 bridgehead atoms. The maximum Gasteiger partial charge on any atom is 0.573 e. The van der Waals surface area contributed by atoms with E-state index < -0.39 is 6.36 Å². The monoisotopic (exact) mass is 567 g/mol. The number of thiocarbonyl (C=S) groups is 1. The molecule has 1 aromatic heterocycles. The van der Waals surface area contributed by atoms with Gasteiger partial charge in [0.1, 0.15) is 17.1 Å². The Kier molecular flexibility index (Phi) is 9.15. The Bertz CT molecular complexity index is 1450. The Hall–Kier alpha value is -4.25. The number of alkyl halides is 3. The first-order valence-electron chi connectivity index (χ1n) is 12.6. The maximum absolute atomic E-state index is 12.4. The molecular weight excluding hydrogens is 539 g/mol. The molecule has 0 aliphatic rings. The molecular formula is C29H28F3N5O2S. The fraction of sp³-hybridized carbons (Fsp3) is 0.241. The van der Waals surface area contributed by atoms with E-state index in [2.05, 4.69) is 25.5 Å². The Morgan fingerprint density at radius 3 is 2.30 bits per heavy atom. The van der Waals surface area contributed by atoms with Crippen molar-refractivity contribution in [2.75, 3.05) is 6.54 Å². The zero-order valence-electron chi connectivity index (χ0n) is 22.0. The predicted octanol–water partition coefficient (Wildman–Crippen LogP) is 6.45. The first-order chi connectivity index (χ1) is 19.1. The third-order valence-corrected chi connectivity index (χ3v) is 6.46. The lowest BCUT2D eigenvalue weighted by Crippen LogP contribution is -2.39. The standard InChI is InChI=1S/C29H28F3N5O2S/c1-19-6-5-7-20(2)25(19)27(40)35-28(38)33-17-4-3-8-21-9-11-22(12-10-21)26-34-18-37(36-26)23-13-15-24(16-14-23)39-29(30,31)32/h5-7,9-16,18H,3-4,8,17H2,1-2H3,(H2,33,35,38,40). The van der Waals surface area contributed by atoms with Gasteiger partial charge in [0.2, 0.25) is 0 Å². The summed E-state index contributed by atoms with van der Waals surface area (Å²) in [4.78, 5) is 17.0. The molecule has 40 heavy (non-hydrogen) atoms. The van der Waals surface area contributed by atoms with Crippen LogP contribution in [0, 0.1) is 13.8 Å². The van der Waals surface area contributed by atoms with Crippen LogP contribution < -0.4 is 15.4 Å². The number of carbonyl (C=O) groups is 1. The molecule has 0 aliphatic heterocycles. The van der Waals surface area contributed by atoms with Gasteiger partial charge in [-0.25, -0.2) is 14.5 Å². The van der Waals surface area contributed by atoms with E-state index >= 15 is 0 Å². The molecule has 0 atom stereocenters. The van der Waals surface area contributed by atoms with Crippen LogP contribution in [0.3, 0.4) is 0 Å². The molecule has 0 unspecified atom stereocenters. The lowest BCUT2D eigenvalue weighted by atomic mass is 10.0. The molecule has 0 saturated carbocycles. The molecule has 208 valence electrons. The normalized spacial score (nSPS) is 11.2. The molecule has 1 heterocycles. The van der Waals surface area contributed by atoms with Crippen molar-refractivity contribution in [3.05, 3.63) is 95.3 Å². The molecule has 2 N–H and O–H groups in total. The van der Waals surface area contributed by atoms with E-state index in [1.807, 2.05) is 56.3 Å². The molecule has 4 rings (SSSR count). The van der Waals surface area contributed by atoms with Gasteiger partial charge >= 0.3 is 12.4 Å². The highest BCUT2D eigenvalue weighted by Gasteiger charge is 2.31. The maximum atomic E-state index is 12.4. The SMILES string of the molecule is Cc1cccc(C)c1C(=S)NC(=O)NCCCCc1ccc(-c2ncn(-c3ccc(OC(F)(F)F)cc3)n2)cc1. The second kappa shape index (κ2) is 12.7. The van der Waals surface area contributed by atoms with Crippen molar-refractivity contribution in [2.24, 2.45) is 0 Å². The van der Waals surface area contributed by atoms with Gasteiger partial charge < -0.3 is 10.1 Å². The van der Waals surface area contributed by atoms with E-state index in [1.54, 1.807) is 0 Å². The number of unbranched alkanes of at least 4 members (excludes halogenated alkanes) is 1. The number of nitrogens with one attached hydrogen (secondary N) is 2. The third-order valence-electron chi connectivity index (χ3n) is 6.15. The number of hydrogen-bond donors (Lipinski definition) is 2. The highest BCUT2D eigenvalue weighted by molar-refractivity contribution is 7.80. The van der Waals surface area contributed by atoms with Crippen molar-refractivity contribution in [3.63, 3.8) is 0 Å². The van der Waals surface area contributed by atoms with Crippen molar-refractivity contribution in [1.82, 2.24) is 25.4 Å². The summed E-state index contributed by atoms with van der Waals surface area (Å²) >= 11 is 5.41. The van der Waals surface area contributed by atoms with Crippen molar-refractivity contribution < 1.29 is 22.7 Å².